The number of ketones is 1. The molecule has 0 radical (unpaired) electrons. The predicted molar refractivity (Wildman–Crippen MR) is 47.4 cm³/mol. The zero-order valence-corrected chi connectivity index (χ0v) is 7.84. The van der Waals surface area contributed by atoms with Gasteiger partial charge in [0, 0.05) is 5.56 Å². The van der Waals surface area contributed by atoms with Crippen molar-refractivity contribution in [1.29, 1.82) is 0 Å². The second-order valence-electron chi connectivity index (χ2n) is 3.05. The fourth-order valence-corrected chi connectivity index (χ4v) is 3.00. The third-order valence-corrected chi connectivity index (χ3v) is 4.41. The Morgan fingerprint density at radius 1 is 1.23 bits per heavy atom. The number of hydrogen-bond donors (Lipinski definition) is 0. The molecule has 3 nitrogen and oxygen atoms in total. The van der Waals surface area contributed by atoms with Gasteiger partial charge in [0.2, 0.25) is 0 Å². The first-order valence-corrected chi connectivity index (χ1v) is 5.47. The Morgan fingerprint density at radius 2 is 1.85 bits per heavy atom. The van der Waals surface area contributed by atoms with Crippen LogP contribution in [0.5, 0.6) is 0 Å². The highest BCUT2D eigenvalue weighted by atomic mass is 32.2. The molecule has 1 aliphatic heterocycles. The molecule has 0 saturated heterocycles. The van der Waals surface area contributed by atoms with E-state index in [1.165, 1.54) is 13.0 Å². The molecule has 1 unspecified atom stereocenters. The molecule has 0 N–H and O–H groups in total. The highest BCUT2D eigenvalue weighted by Crippen LogP contribution is 2.30. The molecule has 0 bridgehead atoms. The van der Waals surface area contributed by atoms with Crippen LogP contribution in [-0.4, -0.2) is 19.5 Å². The Kier molecular flexibility index (Phi) is 1.57. The van der Waals surface area contributed by atoms with Crippen LogP contribution in [0, 0.1) is 0 Å². The van der Waals surface area contributed by atoms with Crippen molar-refractivity contribution < 1.29 is 13.2 Å². The quantitative estimate of drug-likeness (QED) is 0.623. The average molecular weight is 196 g/mol. The summed E-state index contributed by atoms with van der Waals surface area (Å²) in [7, 11) is -3.38. The van der Waals surface area contributed by atoms with E-state index < -0.39 is 15.1 Å². The van der Waals surface area contributed by atoms with Gasteiger partial charge in [0.25, 0.3) is 0 Å². The van der Waals surface area contributed by atoms with Gasteiger partial charge in [-0.05, 0) is 13.0 Å². The molecular weight excluding hydrogens is 188 g/mol. The maximum Gasteiger partial charge on any atom is 0.189 e. The maximum atomic E-state index is 11.6. The van der Waals surface area contributed by atoms with Gasteiger partial charge in [-0.15, -0.1) is 0 Å². The van der Waals surface area contributed by atoms with Crippen molar-refractivity contribution in [3.63, 3.8) is 0 Å². The van der Waals surface area contributed by atoms with Gasteiger partial charge < -0.3 is 0 Å². The largest absolute Gasteiger partial charge is 0.293 e. The van der Waals surface area contributed by atoms with Crippen LogP contribution in [0.2, 0.25) is 0 Å². The number of hydrogen-bond acceptors (Lipinski definition) is 3. The lowest BCUT2D eigenvalue weighted by molar-refractivity contribution is 0.0994. The van der Waals surface area contributed by atoms with Crippen molar-refractivity contribution in [2.45, 2.75) is 17.1 Å². The van der Waals surface area contributed by atoms with Gasteiger partial charge in [-0.1, -0.05) is 18.2 Å². The van der Waals surface area contributed by atoms with Gasteiger partial charge in [-0.25, -0.2) is 8.42 Å². The Bertz CT molecular complexity index is 473. The SMILES string of the molecule is CC1C(=O)c2ccccc2S1(=O)=O. The Morgan fingerprint density at radius 3 is 2.46 bits per heavy atom. The minimum absolute atomic E-state index is 0.174. The van der Waals surface area contributed by atoms with Crippen LogP contribution in [0.1, 0.15) is 17.3 Å². The van der Waals surface area contributed by atoms with Crippen molar-refractivity contribution in [3.8, 4) is 0 Å². The van der Waals surface area contributed by atoms with Crippen molar-refractivity contribution in [2.24, 2.45) is 0 Å². The fourth-order valence-electron chi connectivity index (χ4n) is 1.47. The number of Topliss-reactive ketones (excluding diaryl/α,β-unsaturated/α-hetero) is 1. The second kappa shape index (κ2) is 2.42. The summed E-state index contributed by atoms with van der Waals surface area (Å²) in [6.45, 7) is 1.43. The maximum absolute atomic E-state index is 11.6. The van der Waals surface area contributed by atoms with Crippen LogP contribution in [0.25, 0.3) is 0 Å². The van der Waals surface area contributed by atoms with Crippen LogP contribution in [0.3, 0.4) is 0 Å². The van der Waals surface area contributed by atoms with E-state index in [0.717, 1.165) is 0 Å². The molecule has 1 atom stereocenters. The number of carbonyl (C=O) groups excluding carboxylic acids is 1. The molecule has 13 heavy (non-hydrogen) atoms. The topological polar surface area (TPSA) is 51.2 Å². The minimum atomic E-state index is -3.38. The zero-order valence-electron chi connectivity index (χ0n) is 7.02. The smallest absolute Gasteiger partial charge is 0.189 e. The number of benzene rings is 1. The van der Waals surface area contributed by atoms with Crippen LogP contribution >= 0.6 is 0 Å². The van der Waals surface area contributed by atoms with Crippen molar-refractivity contribution in [1.82, 2.24) is 0 Å². The normalized spacial score (nSPS) is 24.4. The third kappa shape index (κ3) is 0.951. The zero-order chi connectivity index (χ0) is 9.64. The molecule has 0 spiro atoms. The molecular formula is C9H8O3S. The van der Waals surface area contributed by atoms with E-state index in [4.69, 9.17) is 0 Å². The molecule has 0 aliphatic carbocycles. The van der Waals surface area contributed by atoms with Crippen molar-refractivity contribution in [2.75, 3.05) is 0 Å². The van der Waals surface area contributed by atoms with E-state index in [2.05, 4.69) is 0 Å². The molecule has 1 aromatic rings. The number of rotatable bonds is 0. The van der Waals surface area contributed by atoms with Gasteiger partial charge in [0.15, 0.2) is 15.6 Å². The summed E-state index contributed by atoms with van der Waals surface area (Å²) in [5, 5.41) is -0.912. The van der Waals surface area contributed by atoms with Crippen LogP contribution < -0.4 is 0 Å². The molecule has 1 aromatic carbocycles. The molecule has 0 aromatic heterocycles. The molecule has 0 amide bonds. The van der Waals surface area contributed by atoms with Gasteiger partial charge in [0.1, 0.15) is 5.25 Å². The minimum Gasteiger partial charge on any atom is -0.293 e. The first-order chi connectivity index (χ1) is 6.05. The van der Waals surface area contributed by atoms with E-state index in [1.807, 2.05) is 0 Å². The fraction of sp³-hybridized carbons (Fsp3) is 0.222. The molecule has 0 saturated carbocycles. The number of sulfone groups is 1. The van der Waals surface area contributed by atoms with Gasteiger partial charge in [0.05, 0.1) is 4.90 Å². The summed E-state index contributed by atoms with van der Waals surface area (Å²) in [6, 6.07) is 6.33. The van der Waals surface area contributed by atoms with Crippen molar-refractivity contribution >= 4 is 15.6 Å². The van der Waals surface area contributed by atoms with E-state index in [9.17, 15) is 13.2 Å². The highest BCUT2D eigenvalue weighted by molar-refractivity contribution is 7.93. The van der Waals surface area contributed by atoms with E-state index >= 15 is 0 Å². The molecule has 2 rings (SSSR count). The molecule has 68 valence electrons. The summed E-state index contributed by atoms with van der Waals surface area (Å²) in [5.41, 5.74) is 0.329. The Balaban J connectivity index is 2.83. The highest BCUT2D eigenvalue weighted by Gasteiger charge is 2.40. The predicted octanol–water partition coefficient (Wildman–Crippen LogP) is 1.05. The lowest BCUT2D eigenvalue weighted by atomic mass is 10.1. The summed E-state index contributed by atoms with van der Waals surface area (Å²) in [4.78, 5) is 11.6. The van der Waals surface area contributed by atoms with Crippen LogP contribution in [0.4, 0.5) is 0 Å². The summed E-state index contributed by atoms with van der Waals surface area (Å²) in [5.74, 6) is -0.296. The van der Waals surface area contributed by atoms with Crippen LogP contribution in [0.15, 0.2) is 29.2 Å². The number of carbonyl (C=O) groups is 1. The third-order valence-electron chi connectivity index (χ3n) is 2.29. The molecule has 4 heteroatoms. The Labute approximate surface area is 76.3 Å². The van der Waals surface area contributed by atoms with Crippen molar-refractivity contribution in [3.05, 3.63) is 29.8 Å². The monoisotopic (exact) mass is 196 g/mol. The van der Waals surface area contributed by atoms with E-state index in [1.54, 1.807) is 18.2 Å². The summed E-state index contributed by atoms with van der Waals surface area (Å²) in [6.07, 6.45) is 0. The molecule has 1 heterocycles. The molecule has 0 fully saturated rings. The average Bonchev–Trinajstić information content (AvgIpc) is 2.30. The summed E-state index contributed by atoms with van der Waals surface area (Å²) < 4.78 is 23.1. The van der Waals surface area contributed by atoms with E-state index in [-0.39, 0.29) is 10.7 Å². The van der Waals surface area contributed by atoms with Gasteiger partial charge in [-0.3, -0.25) is 4.79 Å². The second-order valence-corrected chi connectivity index (χ2v) is 5.28. The lowest BCUT2D eigenvalue weighted by Crippen LogP contribution is -2.17. The van der Waals surface area contributed by atoms with E-state index in [0.29, 0.717) is 5.56 Å². The summed E-state index contributed by atoms with van der Waals surface area (Å²) >= 11 is 0. The van der Waals surface area contributed by atoms with Gasteiger partial charge in [-0.2, -0.15) is 0 Å². The van der Waals surface area contributed by atoms with Gasteiger partial charge >= 0.3 is 0 Å². The number of fused-ring (bicyclic) bond motifs is 1. The van der Waals surface area contributed by atoms with Crippen LogP contribution in [-0.2, 0) is 9.84 Å². The molecule has 1 aliphatic rings. The standard InChI is InChI=1S/C9H8O3S/c1-6-9(10)7-4-2-3-5-8(7)13(6,11)12/h2-6H,1H3. The first-order valence-electron chi connectivity index (χ1n) is 3.92. The Hall–Kier alpha value is -1.16. The first kappa shape index (κ1) is 8.44. The lowest BCUT2D eigenvalue weighted by Gasteiger charge is -1.97.